The Balaban J connectivity index is 1.80. The summed E-state index contributed by atoms with van der Waals surface area (Å²) in [6.45, 7) is 2.51. The number of hydrogen-bond donors (Lipinski definition) is 1. The van der Waals surface area contributed by atoms with Gasteiger partial charge < -0.3 is 9.88 Å². The number of fused-ring (bicyclic) bond motifs is 1. The molecular formula is C19H18FN3O2. The first-order chi connectivity index (χ1) is 12.1. The molecule has 1 N–H and O–H groups in total. The highest BCUT2D eigenvalue weighted by atomic mass is 19.1. The molecule has 2 aromatic carbocycles. The number of para-hydroxylation sites is 1. The van der Waals surface area contributed by atoms with Crippen molar-refractivity contribution in [1.82, 2.24) is 14.9 Å². The molecule has 1 heterocycles. The van der Waals surface area contributed by atoms with Gasteiger partial charge in [-0.3, -0.25) is 9.59 Å². The summed E-state index contributed by atoms with van der Waals surface area (Å²) in [7, 11) is 0. The Morgan fingerprint density at radius 3 is 2.76 bits per heavy atom. The predicted molar refractivity (Wildman–Crippen MR) is 93.6 cm³/mol. The number of carbonyl (C=O) groups is 1. The molecule has 3 rings (SSSR count). The minimum Gasteiger partial charge on any atom is -0.335 e. The molecule has 3 aromatic rings. The fourth-order valence-electron chi connectivity index (χ4n) is 2.70. The number of rotatable bonds is 5. The minimum atomic E-state index is -0.367. The van der Waals surface area contributed by atoms with E-state index in [1.54, 1.807) is 35.2 Å². The van der Waals surface area contributed by atoms with E-state index in [0.717, 1.165) is 0 Å². The summed E-state index contributed by atoms with van der Waals surface area (Å²) in [5.74, 6) is -0.0871. The lowest BCUT2D eigenvalue weighted by Crippen LogP contribution is -2.33. The first-order valence-electron chi connectivity index (χ1n) is 8.07. The van der Waals surface area contributed by atoms with Gasteiger partial charge in [-0.15, -0.1) is 0 Å². The Hall–Kier alpha value is -3.02. The van der Waals surface area contributed by atoms with Crippen molar-refractivity contribution in [3.05, 3.63) is 76.1 Å². The number of aromatic amines is 1. The molecule has 0 atom stereocenters. The van der Waals surface area contributed by atoms with Crippen molar-refractivity contribution >= 4 is 16.8 Å². The lowest BCUT2D eigenvalue weighted by Gasteiger charge is -2.20. The van der Waals surface area contributed by atoms with E-state index < -0.39 is 0 Å². The summed E-state index contributed by atoms with van der Waals surface area (Å²) in [4.78, 5) is 33.3. The molecular weight excluding hydrogens is 321 g/mol. The van der Waals surface area contributed by atoms with Gasteiger partial charge >= 0.3 is 0 Å². The van der Waals surface area contributed by atoms with E-state index in [1.165, 1.54) is 12.1 Å². The van der Waals surface area contributed by atoms with E-state index in [2.05, 4.69) is 9.97 Å². The van der Waals surface area contributed by atoms with Gasteiger partial charge in [-0.25, -0.2) is 9.37 Å². The second-order valence-electron chi connectivity index (χ2n) is 5.74. The van der Waals surface area contributed by atoms with Crippen molar-refractivity contribution in [3.8, 4) is 0 Å². The molecule has 6 heteroatoms. The number of carbonyl (C=O) groups excluding carboxylic acids is 1. The van der Waals surface area contributed by atoms with Crippen LogP contribution >= 0.6 is 0 Å². The zero-order valence-electron chi connectivity index (χ0n) is 13.8. The normalized spacial score (nSPS) is 10.8. The second kappa shape index (κ2) is 7.25. The number of hydrogen-bond acceptors (Lipinski definition) is 3. The van der Waals surface area contributed by atoms with Crippen molar-refractivity contribution in [2.75, 3.05) is 6.54 Å². The highest BCUT2D eigenvalue weighted by Crippen LogP contribution is 2.10. The number of amides is 1. The molecule has 25 heavy (non-hydrogen) atoms. The van der Waals surface area contributed by atoms with Gasteiger partial charge in [0.25, 0.3) is 5.56 Å². The minimum absolute atomic E-state index is 0.101. The third-order valence-electron chi connectivity index (χ3n) is 3.98. The summed E-state index contributed by atoms with van der Waals surface area (Å²) in [5, 5.41) is 0.514. The Morgan fingerprint density at radius 1 is 1.20 bits per heavy atom. The number of benzene rings is 2. The Labute approximate surface area is 144 Å². The lowest BCUT2D eigenvalue weighted by molar-refractivity contribution is -0.131. The van der Waals surface area contributed by atoms with E-state index >= 15 is 0 Å². The number of aromatic nitrogens is 2. The summed E-state index contributed by atoms with van der Waals surface area (Å²) in [6.07, 6.45) is 0.101. The van der Waals surface area contributed by atoms with Crippen LogP contribution < -0.4 is 5.56 Å². The second-order valence-corrected chi connectivity index (χ2v) is 5.74. The summed E-state index contributed by atoms with van der Waals surface area (Å²) in [5.41, 5.74) is 0.979. The van der Waals surface area contributed by atoms with Crippen LogP contribution in [0.4, 0.5) is 4.39 Å². The van der Waals surface area contributed by atoms with Crippen LogP contribution in [-0.2, 0) is 17.8 Å². The van der Waals surface area contributed by atoms with Gasteiger partial charge in [0.2, 0.25) is 5.91 Å². The maximum absolute atomic E-state index is 13.3. The van der Waals surface area contributed by atoms with Crippen molar-refractivity contribution < 1.29 is 9.18 Å². The monoisotopic (exact) mass is 339 g/mol. The average Bonchev–Trinajstić information content (AvgIpc) is 2.59. The molecule has 0 aliphatic carbocycles. The maximum atomic E-state index is 13.3. The van der Waals surface area contributed by atoms with Gasteiger partial charge in [-0.05, 0) is 36.8 Å². The number of H-pyrrole nitrogens is 1. The SMILES string of the molecule is CCN(Cc1nc2ccccc2c(=O)[nH]1)C(=O)Cc1cccc(F)c1. The van der Waals surface area contributed by atoms with Crippen molar-refractivity contribution in [2.24, 2.45) is 0 Å². The molecule has 5 nitrogen and oxygen atoms in total. The molecule has 0 saturated carbocycles. The largest absolute Gasteiger partial charge is 0.335 e. The molecule has 1 aromatic heterocycles. The van der Waals surface area contributed by atoms with Crippen LogP contribution in [0.5, 0.6) is 0 Å². The van der Waals surface area contributed by atoms with E-state index in [1.807, 2.05) is 13.0 Å². The third kappa shape index (κ3) is 3.91. The molecule has 0 aliphatic rings. The summed E-state index contributed by atoms with van der Waals surface area (Å²) >= 11 is 0. The molecule has 128 valence electrons. The van der Waals surface area contributed by atoms with Crippen LogP contribution in [0.3, 0.4) is 0 Å². The molecule has 0 saturated heterocycles. The summed E-state index contributed by atoms with van der Waals surface area (Å²) in [6, 6.07) is 13.0. The van der Waals surface area contributed by atoms with Gasteiger partial charge in [0, 0.05) is 6.54 Å². The first kappa shape index (κ1) is 16.8. The number of likely N-dealkylation sites (N-methyl/N-ethyl adjacent to an activating group) is 1. The van der Waals surface area contributed by atoms with E-state index in [-0.39, 0.29) is 30.2 Å². The number of halogens is 1. The van der Waals surface area contributed by atoms with Crippen molar-refractivity contribution in [2.45, 2.75) is 19.9 Å². The Kier molecular flexibility index (Phi) is 4.88. The van der Waals surface area contributed by atoms with E-state index in [0.29, 0.717) is 28.8 Å². The van der Waals surface area contributed by atoms with E-state index in [4.69, 9.17) is 0 Å². The van der Waals surface area contributed by atoms with Crippen molar-refractivity contribution in [3.63, 3.8) is 0 Å². The van der Waals surface area contributed by atoms with Crippen LogP contribution in [0.1, 0.15) is 18.3 Å². The molecule has 0 radical (unpaired) electrons. The Morgan fingerprint density at radius 2 is 2.00 bits per heavy atom. The van der Waals surface area contributed by atoms with Crippen molar-refractivity contribution in [1.29, 1.82) is 0 Å². The molecule has 0 aliphatic heterocycles. The topological polar surface area (TPSA) is 66.1 Å². The molecule has 0 bridgehead atoms. The van der Waals surface area contributed by atoms with E-state index in [9.17, 15) is 14.0 Å². The first-order valence-corrected chi connectivity index (χ1v) is 8.07. The van der Waals surface area contributed by atoms with Crippen LogP contribution in [0.2, 0.25) is 0 Å². The van der Waals surface area contributed by atoms with Crippen LogP contribution in [0, 0.1) is 5.82 Å². The number of nitrogens with one attached hydrogen (secondary N) is 1. The average molecular weight is 339 g/mol. The fraction of sp³-hybridized carbons (Fsp3) is 0.211. The smallest absolute Gasteiger partial charge is 0.258 e. The van der Waals surface area contributed by atoms with Crippen LogP contribution in [-0.4, -0.2) is 27.3 Å². The summed E-state index contributed by atoms with van der Waals surface area (Å²) < 4.78 is 13.3. The quantitative estimate of drug-likeness (QED) is 0.777. The zero-order valence-corrected chi connectivity index (χ0v) is 13.8. The van der Waals surface area contributed by atoms with Crippen LogP contribution in [0.25, 0.3) is 10.9 Å². The maximum Gasteiger partial charge on any atom is 0.258 e. The predicted octanol–water partition coefficient (Wildman–Crippen LogP) is 2.65. The van der Waals surface area contributed by atoms with Gasteiger partial charge in [-0.1, -0.05) is 24.3 Å². The highest BCUT2D eigenvalue weighted by Gasteiger charge is 2.15. The highest BCUT2D eigenvalue weighted by molar-refractivity contribution is 5.79. The van der Waals surface area contributed by atoms with Gasteiger partial charge in [0.15, 0.2) is 0 Å². The van der Waals surface area contributed by atoms with Gasteiger partial charge in [0.05, 0.1) is 23.9 Å². The number of nitrogens with zero attached hydrogens (tertiary/aromatic N) is 2. The molecule has 0 unspecified atom stereocenters. The molecule has 1 amide bonds. The zero-order chi connectivity index (χ0) is 17.8. The Bertz CT molecular complexity index is 968. The van der Waals surface area contributed by atoms with Crippen LogP contribution in [0.15, 0.2) is 53.3 Å². The van der Waals surface area contributed by atoms with Gasteiger partial charge in [-0.2, -0.15) is 0 Å². The third-order valence-corrected chi connectivity index (χ3v) is 3.98. The fourth-order valence-corrected chi connectivity index (χ4v) is 2.70. The molecule has 0 spiro atoms. The van der Waals surface area contributed by atoms with Gasteiger partial charge in [0.1, 0.15) is 11.6 Å². The standard InChI is InChI=1S/C19H18FN3O2/c1-2-23(18(24)11-13-6-5-7-14(20)10-13)12-17-21-16-9-4-3-8-15(16)19(25)22-17/h3-10H,2,11-12H2,1H3,(H,21,22,25). The lowest BCUT2D eigenvalue weighted by atomic mass is 10.1. The molecule has 0 fully saturated rings.